The quantitative estimate of drug-likeness (QED) is 0.250. The van der Waals surface area contributed by atoms with Crippen LogP contribution in [0.4, 0.5) is 0 Å². The first-order chi connectivity index (χ1) is 19.1. The van der Waals surface area contributed by atoms with Gasteiger partial charge in [0, 0.05) is 34.2 Å². The van der Waals surface area contributed by atoms with E-state index in [0.29, 0.717) is 5.56 Å². The molecule has 4 nitrogen and oxygen atoms in total. The third kappa shape index (κ3) is 4.09. The van der Waals surface area contributed by atoms with E-state index in [4.69, 9.17) is 9.40 Å². The van der Waals surface area contributed by atoms with Crippen molar-refractivity contribution in [2.24, 2.45) is 0 Å². The van der Waals surface area contributed by atoms with E-state index < -0.39 is 0 Å². The molecule has 186 valence electrons. The number of benzene rings is 5. The number of para-hydroxylation sites is 1. The number of rotatable bonds is 4. The highest BCUT2D eigenvalue weighted by Crippen LogP contribution is 2.42. The van der Waals surface area contributed by atoms with Gasteiger partial charge in [0.1, 0.15) is 22.7 Å². The van der Waals surface area contributed by atoms with Crippen LogP contribution in [-0.2, 0) is 0 Å². The normalized spacial score (nSPS) is 11.3. The molecule has 0 radical (unpaired) electrons. The van der Waals surface area contributed by atoms with Crippen molar-refractivity contribution < 1.29 is 14.6 Å². The zero-order valence-electron chi connectivity index (χ0n) is 20.9. The number of hydrogen-bond acceptors (Lipinski definition) is 4. The molecule has 0 fully saturated rings. The molecule has 2 aromatic heterocycles. The highest BCUT2D eigenvalue weighted by Gasteiger charge is 2.17. The van der Waals surface area contributed by atoms with E-state index >= 15 is 0 Å². The number of phenols is 2. The second-order valence-corrected chi connectivity index (χ2v) is 9.57. The van der Waals surface area contributed by atoms with Gasteiger partial charge in [-0.2, -0.15) is 0 Å². The summed E-state index contributed by atoms with van der Waals surface area (Å²) < 4.78 is 6.22. The topological polar surface area (TPSA) is 66.5 Å². The number of phenolic OH excluding ortho intramolecular Hbond substituents is 2. The molecule has 7 aromatic rings. The largest absolute Gasteiger partial charge is 0.508 e. The summed E-state index contributed by atoms with van der Waals surface area (Å²) in [7, 11) is 0. The second-order valence-electron chi connectivity index (χ2n) is 9.57. The monoisotopic (exact) mass is 505 g/mol. The van der Waals surface area contributed by atoms with E-state index in [0.717, 1.165) is 61.0 Å². The molecular weight excluding hydrogens is 482 g/mol. The van der Waals surface area contributed by atoms with Crippen LogP contribution in [0.2, 0.25) is 0 Å². The fourth-order valence-corrected chi connectivity index (χ4v) is 5.29. The van der Waals surface area contributed by atoms with Gasteiger partial charge in [0.2, 0.25) is 0 Å². The highest BCUT2D eigenvalue weighted by atomic mass is 16.3. The molecule has 0 atom stereocenters. The standard InChI is InChI=1S/C35H23NO3/c37-25-16-24(17-26(38)19-25)27-10-4-5-11-28(27)32-21-36-33(22-8-2-1-3-9-22)20-31(32)23-14-15-30-29-12-6-7-13-34(29)39-35(30)18-23/h1-21,37-38H. The van der Waals surface area contributed by atoms with E-state index in [-0.39, 0.29) is 11.5 Å². The van der Waals surface area contributed by atoms with Crippen molar-refractivity contribution in [1.29, 1.82) is 0 Å². The number of pyridine rings is 1. The van der Waals surface area contributed by atoms with Crippen LogP contribution in [0.25, 0.3) is 66.6 Å². The van der Waals surface area contributed by atoms with Gasteiger partial charge in [0.05, 0.1) is 5.69 Å². The molecule has 0 aliphatic heterocycles. The minimum Gasteiger partial charge on any atom is -0.508 e. The van der Waals surface area contributed by atoms with Crippen molar-refractivity contribution in [2.75, 3.05) is 0 Å². The van der Waals surface area contributed by atoms with Crippen molar-refractivity contribution in [3.05, 3.63) is 128 Å². The first-order valence-corrected chi connectivity index (χ1v) is 12.7. The number of nitrogens with zero attached hydrogens (tertiary/aromatic N) is 1. The van der Waals surface area contributed by atoms with Crippen LogP contribution < -0.4 is 0 Å². The molecule has 0 spiro atoms. The Morgan fingerprint density at radius 3 is 1.97 bits per heavy atom. The fourth-order valence-electron chi connectivity index (χ4n) is 5.29. The molecule has 0 aliphatic carbocycles. The molecule has 4 heteroatoms. The predicted molar refractivity (Wildman–Crippen MR) is 157 cm³/mol. The molecule has 0 bridgehead atoms. The van der Waals surface area contributed by atoms with E-state index in [1.54, 1.807) is 12.1 Å². The van der Waals surface area contributed by atoms with Crippen molar-refractivity contribution in [3.8, 4) is 56.1 Å². The first-order valence-electron chi connectivity index (χ1n) is 12.7. The lowest BCUT2D eigenvalue weighted by Gasteiger charge is -2.16. The lowest BCUT2D eigenvalue weighted by Crippen LogP contribution is -1.93. The van der Waals surface area contributed by atoms with Gasteiger partial charge in [0.25, 0.3) is 0 Å². The van der Waals surface area contributed by atoms with E-state index in [2.05, 4.69) is 42.5 Å². The first kappa shape index (κ1) is 22.8. The van der Waals surface area contributed by atoms with Crippen molar-refractivity contribution >= 4 is 21.9 Å². The van der Waals surface area contributed by atoms with Crippen molar-refractivity contribution in [2.45, 2.75) is 0 Å². The minimum absolute atomic E-state index is 0.00733. The lowest BCUT2D eigenvalue weighted by molar-refractivity contribution is 0.451. The van der Waals surface area contributed by atoms with Crippen LogP contribution in [0.15, 0.2) is 132 Å². The number of aromatic nitrogens is 1. The van der Waals surface area contributed by atoms with Gasteiger partial charge in [0.15, 0.2) is 0 Å². The zero-order valence-corrected chi connectivity index (χ0v) is 20.9. The maximum Gasteiger partial charge on any atom is 0.136 e. The Hall–Kier alpha value is -5.35. The molecule has 39 heavy (non-hydrogen) atoms. The molecule has 7 rings (SSSR count). The molecule has 0 unspecified atom stereocenters. The van der Waals surface area contributed by atoms with Crippen LogP contribution >= 0.6 is 0 Å². The van der Waals surface area contributed by atoms with E-state index in [9.17, 15) is 10.2 Å². The Morgan fingerprint density at radius 2 is 1.15 bits per heavy atom. The molecule has 0 aliphatic rings. The summed E-state index contributed by atoms with van der Waals surface area (Å²) in [5, 5.41) is 22.5. The predicted octanol–water partition coefficient (Wildman–Crippen LogP) is 9.06. The summed E-state index contributed by atoms with van der Waals surface area (Å²) in [5.41, 5.74) is 9.05. The molecule has 0 amide bonds. The average molecular weight is 506 g/mol. The summed E-state index contributed by atoms with van der Waals surface area (Å²) in [5.74, 6) is 0.0147. The lowest BCUT2D eigenvalue weighted by atomic mass is 9.89. The van der Waals surface area contributed by atoms with E-state index in [1.165, 1.54) is 6.07 Å². The third-order valence-electron chi connectivity index (χ3n) is 7.09. The molecule has 2 N–H and O–H groups in total. The van der Waals surface area contributed by atoms with Crippen LogP contribution in [0.1, 0.15) is 0 Å². The van der Waals surface area contributed by atoms with Crippen LogP contribution in [0.3, 0.4) is 0 Å². The van der Waals surface area contributed by atoms with Gasteiger partial charge in [-0.25, -0.2) is 0 Å². The summed E-state index contributed by atoms with van der Waals surface area (Å²) >= 11 is 0. The van der Waals surface area contributed by atoms with Gasteiger partial charge in [-0.1, -0.05) is 78.9 Å². The maximum atomic E-state index is 10.2. The summed E-state index contributed by atoms with van der Waals surface area (Å²) in [6.07, 6.45) is 1.90. The number of furan rings is 1. The Kier molecular flexibility index (Phi) is 5.38. The molecule has 2 heterocycles. The summed E-state index contributed by atoms with van der Waals surface area (Å²) in [6.45, 7) is 0. The molecule has 5 aromatic carbocycles. The van der Waals surface area contributed by atoms with Crippen LogP contribution in [0, 0.1) is 0 Å². The molecular formula is C35H23NO3. The van der Waals surface area contributed by atoms with Gasteiger partial charge in [-0.05, 0) is 64.2 Å². The Balaban J connectivity index is 1.48. The average Bonchev–Trinajstić information content (AvgIpc) is 3.35. The Bertz CT molecular complexity index is 1970. The number of hydrogen-bond donors (Lipinski definition) is 2. The summed E-state index contributed by atoms with van der Waals surface area (Å²) in [4.78, 5) is 4.86. The second kappa shape index (κ2) is 9.19. The van der Waals surface area contributed by atoms with Crippen LogP contribution in [0.5, 0.6) is 11.5 Å². The van der Waals surface area contributed by atoms with Crippen molar-refractivity contribution in [1.82, 2.24) is 4.98 Å². The molecule has 0 saturated carbocycles. The van der Waals surface area contributed by atoms with Gasteiger partial charge in [-0.3, -0.25) is 4.98 Å². The summed E-state index contributed by atoms with van der Waals surface area (Å²) in [6, 6.07) is 39.2. The maximum absolute atomic E-state index is 10.2. The minimum atomic E-state index is 0.00733. The molecule has 0 saturated heterocycles. The fraction of sp³-hybridized carbons (Fsp3) is 0. The Labute approximate surface area is 225 Å². The number of fused-ring (bicyclic) bond motifs is 3. The van der Waals surface area contributed by atoms with Gasteiger partial charge in [-0.15, -0.1) is 0 Å². The van der Waals surface area contributed by atoms with Gasteiger partial charge < -0.3 is 14.6 Å². The Morgan fingerprint density at radius 1 is 0.462 bits per heavy atom. The number of aromatic hydroxyl groups is 2. The van der Waals surface area contributed by atoms with Crippen molar-refractivity contribution in [3.63, 3.8) is 0 Å². The SMILES string of the molecule is Oc1cc(O)cc(-c2ccccc2-c2cnc(-c3ccccc3)cc2-c2ccc3c(c2)oc2ccccc23)c1. The van der Waals surface area contributed by atoms with Crippen LogP contribution in [-0.4, -0.2) is 15.2 Å². The smallest absolute Gasteiger partial charge is 0.136 e. The van der Waals surface area contributed by atoms with Gasteiger partial charge >= 0.3 is 0 Å². The zero-order chi connectivity index (χ0) is 26.3. The third-order valence-corrected chi connectivity index (χ3v) is 7.09. The van der Waals surface area contributed by atoms with E-state index in [1.807, 2.05) is 66.9 Å². The highest BCUT2D eigenvalue weighted by molar-refractivity contribution is 6.06.